The largest absolute Gasteiger partial charge is 0.379 e. The number of amides is 3. The molecular formula is C24H40N2O5. The van der Waals surface area contributed by atoms with Crippen LogP contribution in [0, 0.1) is 17.3 Å². The Balaban J connectivity index is 1.44. The van der Waals surface area contributed by atoms with Crippen molar-refractivity contribution in [2.75, 3.05) is 39.5 Å². The molecule has 0 aromatic rings. The van der Waals surface area contributed by atoms with Gasteiger partial charge in [0, 0.05) is 38.3 Å². The van der Waals surface area contributed by atoms with E-state index in [1.54, 1.807) is 0 Å². The average molecular weight is 437 g/mol. The summed E-state index contributed by atoms with van der Waals surface area (Å²) in [7, 11) is 0. The van der Waals surface area contributed by atoms with Crippen molar-refractivity contribution < 1.29 is 23.9 Å². The minimum atomic E-state index is -0.201. The van der Waals surface area contributed by atoms with Crippen LogP contribution in [0.15, 0.2) is 12.2 Å². The van der Waals surface area contributed by atoms with Gasteiger partial charge in [-0.05, 0) is 42.9 Å². The summed E-state index contributed by atoms with van der Waals surface area (Å²) in [6, 6.07) is 0. The number of carbonyl (C=O) groups excluding carboxylic acids is 3. The van der Waals surface area contributed by atoms with Crippen LogP contribution in [0.25, 0.3) is 0 Å². The quantitative estimate of drug-likeness (QED) is 0.354. The Morgan fingerprint density at radius 3 is 2.16 bits per heavy atom. The van der Waals surface area contributed by atoms with Crippen LogP contribution in [-0.4, -0.2) is 62.1 Å². The van der Waals surface area contributed by atoms with Gasteiger partial charge >= 0.3 is 0 Å². The van der Waals surface area contributed by atoms with Gasteiger partial charge in [0.05, 0.1) is 19.8 Å². The highest BCUT2D eigenvalue weighted by Gasteiger charge is 2.27. The van der Waals surface area contributed by atoms with Gasteiger partial charge in [-0.3, -0.25) is 19.3 Å². The number of hydrogen-bond acceptors (Lipinski definition) is 5. The zero-order valence-corrected chi connectivity index (χ0v) is 19.5. The van der Waals surface area contributed by atoms with Crippen molar-refractivity contribution in [3.05, 3.63) is 12.2 Å². The third-order valence-corrected chi connectivity index (χ3v) is 6.04. The van der Waals surface area contributed by atoms with E-state index in [0.717, 1.165) is 45.1 Å². The molecule has 0 aromatic heterocycles. The van der Waals surface area contributed by atoms with Crippen molar-refractivity contribution >= 4 is 17.7 Å². The molecule has 2 aliphatic rings. The number of nitrogens with one attached hydrogen (secondary N) is 1. The smallest absolute Gasteiger partial charge is 0.253 e. The van der Waals surface area contributed by atoms with Gasteiger partial charge in [0.2, 0.25) is 5.91 Å². The molecule has 0 unspecified atom stereocenters. The second-order valence-corrected chi connectivity index (χ2v) is 9.93. The third-order valence-electron chi connectivity index (χ3n) is 6.04. The van der Waals surface area contributed by atoms with Crippen LogP contribution in [0.5, 0.6) is 0 Å². The highest BCUT2D eigenvalue weighted by molar-refractivity contribution is 6.12. The van der Waals surface area contributed by atoms with Crippen LogP contribution >= 0.6 is 0 Å². The Hall–Kier alpha value is -1.73. The Morgan fingerprint density at radius 2 is 1.55 bits per heavy atom. The van der Waals surface area contributed by atoms with Crippen molar-refractivity contribution in [3.8, 4) is 0 Å². The fourth-order valence-corrected chi connectivity index (χ4v) is 3.98. The van der Waals surface area contributed by atoms with Crippen molar-refractivity contribution in [1.82, 2.24) is 10.2 Å². The molecule has 31 heavy (non-hydrogen) atoms. The zero-order valence-electron chi connectivity index (χ0n) is 19.5. The van der Waals surface area contributed by atoms with E-state index < -0.39 is 0 Å². The van der Waals surface area contributed by atoms with E-state index in [1.807, 2.05) is 0 Å². The minimum Gasteiger partial charge on any atom is -0.379 e. The molecule has 1 fully saturated rings. The SMILES string of the molecule is CC(C)(C)CCOCCOCCNC(=O)CC1CCC(CCN2C(=O)C=CC2=O)CC1. The molecule has 0 aromatic carbocycles. The number of nitrogens with zero attached hydrogens (tertiary/aromatic N) is 1. The molecule has 7 nitrogen and oxygen atoms in total. The van der Waals surface area contributed by atoms with Gasteiger partial charge in [0.15, 0.2) is 0 Å². The van der Waals surface area contributed by atoms with Crippen LogP contribution in [0.3, 0.4) is 0 Å². The van der Waals surface area contributed by atoms with Crippen molar-refractivity contribution in [1.29, 1.82) is 0 Å². The Kier molecular flexibility index (Phi) is 10.7. The monoisotopic (exact) mass is 436 g/mol. The Bertz CT molecular complexity index is 600. The van der Waals surface area contributed by atoms with E-state index in [9.17, 15) is 14.4 Å². The summed E-state index contributed by atoms with van der Waals surface area (Å²) in [5.74, 6) is 0.636. The normalized spacial score (nSPS) is 21.7. The number of carbonyl (C=O) groups is 3. The van der Waals surface area contributed by atoms with Crippen LogP contribution in [0.4, 0.5) is 0 Å². The second kappa shape index (κ2) is 13.0. The predicted molar refractivity (Wildman–Crippen MR) is 119 cm³/mol. The van der Waals surface area contributed by atoms with Gasteiger partial charge in [0.1, 0.15) is 0 Å². The number of ether oxygens (including phenoxy) is 2. The molecule has 0 saturated heterocycles. The fourth-order valence-electron chi connectivity index (χ4n) is 3.98. The van der Waals surface area contributed by atoms with Gasteiger partial charge in [0.25, 0.3) is 11.8 Å². The number of rotatable bonds is 13. The molecule has 1 N–H and O–H groups in total. The molecular weight excluding hydrogens is 396 g/mol. The lowest BCUT2D eigenvalue weighted by Gasteiger charge is -2.29. The van der Waals surface area contributed by atoms with E-state index in [-0.39, 0.29) is 23.1 Å². The molecule has 1 heterocycles. The molecule has 0 bridgehead atoms. The second-order valence-electron chi connectivity index (χ2n) is 9.93. The molecule has 2 rings (SSSR count). The molecule has 1 aliphatic heterocycles. The minimum absolute atomic E-state index is 0.0906. The van der Waals surface area contributed by atoms with Gasteiger partial charge < -0.3 is 14.8 Å². The third kappa shape index (κ3) is 10.4. The molecule has 7 heteroatoms. The highest BCUT2D eigenvalue weighted by Crippen LogP contribution is 2.32. The van der Waals surface area contributed by atoms with Crippen LogP contribution in [0.2, 0.25) is 0 Å². The van der Waals surface area contributed by atoms with Gasteiger partial charge in [-0.1, -0.05) is 33.6 Å². The zero-order chi connectivity index (χ0) is 22.7. The molecule has 0 atom stereocenters. The lowest BCUT2D eigenvalue weighted by atomic mass is 9.79. The molecule has 176 valence electrons. The number of imide groups is 1. The van der Waals surface area contributed by atoms with Crippen molar-refractivity contribution in [2.24, 2.45) is 17.3 Å². The lowest BCUT2D eigenvalue weighted by Crippen LogP contribution is -2.33. The maximum Gasteiger partial charge on any atom is 0.253 e. The topological polar surface area (TPSA) is 84.9 Å². The van der Waals surface area contributed by atoms with Crippen LogP contribution in [-0.2, 0) is 23.9 Å². The lowest BCUT2D eigenvalue weighted by molar-refractivity contribution is -0.137. The van der Waals surface area contributed by atoms with Gasteiger partial charge in [-0.2, -0.15) is 0 Å². The molecule has 0 spiro atoms. The van der Waals surface area contributed by atoms with Crippen molar-refractivity contribution in [3.63, 3.8) is 0 Å². The number of hydrogen-bond donors (Lipinski definition) is 1. The van der Waals surface area contributed by atoms with E-state index >= 15 is 0 Å². The van der Waals surface area contributed by atoms with Gasteiger partial charge in [-0.25, -0.2) is 0 Å². The summed E-state index contributed by atoms with van der Waals surface area (Å²) in [5, 5.41) is 2.94. The first-order valence-corrected chi connectivity index (χ1v) is 11.7. The maximum absolute atomic E-state index is 12.2. The predicted octanol–water partition coefficient (Wildman–Crippen LogP) is 3.08. The first-order valence-electron chi connectivity index (χ1n) is 11.7. The van der Waals surface area contributed by atoms with E-state index in [4.69, 9.17) is 9.47 Å². The Labute approximate surface area is 186 Å². The van der Waals surface area contributed by atoms with Gasteiger partial charge in [-0.15, -0.1) is 0 Å². The average Bonchev–Trinajstić information content (AvgIpc) is 3.03. The van der Waals surface area contributed by atoms with E-state index in [0.29, 0.717) is 51.2 Å². The molecule has 1 aliphatic carbocycles. The summed E-state index contributed by atoms with van der Waals surface area (Å²) >= 11 is 0. The fraction of sp³-hybridized carbons (Fsp3) is 0.792. The maximum atomic E-state index is 12.2. The summed E-state index contributed by atoms with van der Waals surface area (Å²) < 4.78 is 11.1. The van der Waals surface area contributed by atoms with Crippen LogP contribution < -0.4 is 5.32 Å². The Morgan fingerprint density at radius 1 is 0.968 bits per heavy atom. The summed E-state index contributed by atoms with van der Waals surface area (Å²) in [5.41, 5.74) is 0.288. The summed E-state index contributed by atoms with van der Waals surface area (Å²) in [6.45, 7) is 10.0. The molecule has 0 radical (unpaired) electrons. The first-order chi connectivity index (χ1) is 14.7. The summed E-state index contributed by atoms with van der Waals surface area (Å²) in [6.07, 6.45) is 9.29. The molecule has 3 amide bonds. The van der Waals surface area contributed by atoms with Crippen molar-refractivity contribution in [2.45, 2.75) is 65.7 Å². The van der Waals surface area contributed by atoms with E-state index in [2.05, 4.69) is 26.1 Å². The summed E-state index contributed by atoms with van der Waals surface area (Å²) in [4.78, 5) is 36.7. The van der Waals surface area contributed by atoms with Crippen LogP contribution in [0.1, 0.15) is 65.7 Å². The first kappa shape index (κ1) is 25.5. The molecule has 1 saturated carbocycles. The van der Waals surface area contributed by atoms with E-state index in [1.165, 1.54) is 17.1 Å². The standard InChI is InChI=1S/C24H40N2O5/c1-24(2,3)11-14-30-16-17-31-15-12-25-21(27)18-20-6-4-19(5-7-20)10-13-26-22(28)8-9-23(26)29/h8-9,19-20H,4-7,10-18H2,1-3H3,(H,25,27). The highest BCUT2D eigenvalue weighted by atomic mass is 16.5.